The van der Waals surface area contributed by atoms with E-state index in [2.05, 4.69) is 5.32 Å². The van der Waals surface area contributed by atoms with Crippen LogP contribution in [0.5, 0.6) is 5.75 Å². The first kappa shape index (κ1) is 20.4. The summed E-state index contributed by atoms with van der Waals surface area (Å²) in [7, 11) is 1.38. The molecule has 0 saturated carbocycles. The number of benzene rings is 1. The number of nitrogens with zero attached hydrogens (tertiary/aromatic N) is 1. The second-order valence-electron chi connectivity index (χ2n) is 7.58. The fourth-order valence-electron chi connectivity index (χ4n) is 4.52. The number of methoxy groups -OCH3 is 1. The third-order valence-corrected chi connectivity index (χ3v) is 5.80. The van der Waals surface area contributed by atoms with Gasteiger partial charge in [0.15, 0.2) is 11.6 Å². The van der Waals surface area contributed by atoms with Gasteiger partial charge in [0.2, 0.25) is 0 Å². The number of amides is 2. The number of piperidine rings is 1. The summed E-state index contributed by atoms with van der Waals surface area (Å²) in [4.78, 5) is 26.3. The predicted molar refractivity (Wildman–Crippen MR) is 103 cm³/mol. The average molecular weight is 392 g/mol. The molecule has 7 heteroatoms. The molecule has 0 aromatic heterocycles. The van der Waals surface area contributed by atoms with Crippen LogP contribution in [0.4, 0.5) is 9.18 Å². The highest BCUT2D eigenvalue weighted by Gasteiger charge is 2.43. The van der Waals surface area contributed by atoms with Crippen LogP contribution in [0, 0.1) is 11.7 Å². The lowest BCUT2D eigenvalue weighted by Crippen LogP contribution is -2.46. The van der Waals surface area contributed by atoms with Crippen molar-refractivity contribution < 1.29 is 23.5 Å². The number of ether oxygens (including phenoxy) is 2. The molecule has 1 aromatic carbocycles. The lowest BCUT2D eigenvalue weighted by atomic mass is 9.87. The van der Waals surface area contributed by atoms with Gasteiger partial charge in [0, 0.05) is 24.2 Å². The minimum Gasteiger partial charge on any atom is -0.494 e. The molecule has 2 atom stereocenters. The first-order chi connectivity index (χ1) is 13.5. The summed E-state index contributed by atoms with van der Waals surface area (Å²) in [6.45, 7) is 2.83. The Balaban J connectivity index is 1.42. The zero-order valence-corrected chi connectivity index (χ0v) is 16.6. The molecule has 2 amide bonds. The highest BCUT2D eigenvalue weighted by molar-refractivity contribution is 5.94. The molecule has 2 unspecified atom stereocenters. The molecule has 2 aliphatic rings. The highest BCUT2D eigenvalue weighted by atomic mass is 19.1. The Morgan fingerprint density at radius 1 is 1.25 bits per heavy atom. The average Bonchev–Trinajstić information content (AvgIpc) is 2.96. The quantitative estimate of drug-likeness (QED) is 0.718. The van der Waals surface area contributed by atoms with Crippen molar-refractivity contribution >= 4 is 12.0 Å². The Hall–Kier alpha value is -2.31. The van der Waals surface area contributed by atoms with Crippen LogP contribution in [-0.4, -0.2) is 49.2 Å². The molecule has 2 fully saturated rings. The first-order valence-electron chi connectivity index (χ1n) is 10.1. The number of carbonyl (C=O) groups excluding carboxylic acids is 2. The maximum absolute atomic E-state index is 13.4. The molecule has 1 N–H and O–H groups in total. The minimum atomic E-state index is -0.483. The van der Waals surface area contributed by atoms with Crippen molar-refractivity contribution in [2.24, 2.45) is 5.92 Å². The number of hydrogen-bond donors (Lipinski definition) is 1. The number of fused-ring (bicyclic) bond motifs is 2. The van der Waals surface area contributed by atoms with E-state index in [4.69, 9.17) is 9.47 Å². The van der Waals surface area contributed by atoms with Gasteiger partial charge in [-0.3, -0.25) is 4.79 Å². The van der Waals surface area contributed by atoms with Crippen molar-refractivity contribution in [3.05, 3.63) is 29.6 Å². The zero-order valence-electron chi connectivity index (χ0n) is 16.6. The van der Waals surface area contributed by atoms with E-state index in [-0.39, 0.29) is 17.7 Å². The third kappa shape index (κ3) is 4.56. The van der Waals surface area contributed by atoms with Crippen molar-refractivity contribution in [1.82, 2.24) is 10.2 Å². The van der Waals surface area contributed by atoms with E-state index in [9.17, 15) is 14.0 Å². The normalized spacial score (nSPS) is 23.4. The summed E-state index contributed by atoms with van der Waals surface area (Å²) in [6, 6.07) is 4.69. The van der Waals surface area contributed by atoms with Gasteiger partial charge in [-0.05, 0) is 69.6 Å². The van der Waals surface area contributed by atoms with Crippen LogP contribution in [0.15, 0.2) is 18.2 Å². The summed E-state index contributed by atoms with van der Waals surface area (Å²) in [5.74, 6) is -0.0687. The van der Waals surface area contributed by atoms with Gasteiger partial charge in [-0.15, -0.1) is 0 Å². The topological polar surface area (TPSA) is 67.9 Å². The number of carbonyl (C=O) groups is 2. The molecule has 2 aliphatic heterocycles. The van der Waals surface area contributed by atoms with E-state index in [0.29, 0.717) is 36.7 Å². The van der Waals surface area contributed by atoms with Gasteiger partial charge in [-0.1, -0.05) is 0 Å². The largest absolute Gasteiger partial charge is 0.494 e. The van der Waals surface area contributed by atoms with E-state index in [1.54, 1.807) is 0 Å². The van der Waals surface area contributed by atoms with Gasteiger partial charge in [0.1, 0.15) is 0 Å². The molecular weight excluding hydrogens is 363 g/mol. The lowest BCUT2D eigenvalue weighted by molar-refractivity contribution is 0.0588. The summed E-state index contributed by atoms with van der Waals surface area (Å²) < 4.78 is 23.6. The summed E-state index contributed by atoms with van der Waals surface area (Å²) in [5.41, 5.74) is 0.388. The second kappa shape index (κ2) is 9.26. The molecule has 3 rings (SSSR count). The van der Waals surface area contributed by atoms with Crippen molar-refractivity contribution in [1.29, 1.82) is 0 Å². The Labute approximate surface area is 165 Å². The van der Waals surface area contributed by atoms with Gasteiger partial charge in [-0.25, -0.2) is 9.18 Å². The highest BCUT2D eigenvalue weighted by Crippen LogP contribution is 2.40. The maximum Gasteiger partial charge on any atom is 0.410 e. The Kier molecular flexibility index (Phi) is 6.75. The van der Waals surface area contributed by atoms with Gasteiger partial charge in [0.05, 0.1) is 13.7 Å². The molecule has 0 radical (unpaired) electrons. The van der Waals surface area contributed by atoms with Crippen LogP contribution in [-0.2, 0) is 4.74 Å². The number of nitrogens with one attached hydrogen (secondary N) is 1. The first-order valence-corrected chi connectivity index (χ1v) is 10.1. The van der Waals surface area contributed by atoms with Gasteiger partial charge >= 0.3 is 6.09 Å². The number of rotatable bonds is 7. The molecule has 2 saturated heterocycles. The second-order valence-corrected chi connectivity index (χ2v) is 7.58. The van der Waals surface area contributed by atoms with Crippen LogP contribution in [0.25, 0.3) is 0 Å². The standard InChI is InChI=1S/C21H29FN2O4/c1-3-28-21(26)24-16-7-8-17(24)12-14(11-16)5-4-10-23-20(25)15-6-9-18(22)19(13-15)27-2/h6,9,13-14,16-17H,3-5,7-8,10-12H2,1-2H3,(H,23,25). The van der Waals surface area contributed by atoms with E-state index < -0.39 is 5.82 Å². The van der Waals surface area contributed by atoms with Crippen molar-refractivity contribution in [2.45, 2.75) is 57.5 Å². The summed E-state index contributed by atoms with van der Waals surface area (Å²) in [6.07, 6.45) is 5.88. The molecule has 1 aromatic rings. The summed E-state index contributed by atoms with van der Waals surface area (Å²) in [5, 5.41) is 2.89. The molecule has 0 spiro atoms. The van der Waals surface area contributed by atoms with Crippen LogP contribution in [0.2, 0.25) is 0 Å². The molecule has 0 aliphatic carbocycles. The van der Waals surface area contributed by atoms with E-state index in [0.717, 1.165) is 38.5 Å². The van der Waals surface area contributed by atoms with E-state index >= 15 is 0 Å². The smallest absolute Gasteiger partial charge is 0.410 e. The Bertz CT molecular complexity index is 698. The van der Waals surface area contributed by atoms with Gasteiger partial charge < -0.3 is 19.7 Å². The van der Waals surface area contributed by atoms with Crippen molar-refractivity contribution in [2.75, 3.05) is 20.3 Å². The third-order valence-electron chi connectivity index (χ3n) is 5.80. The fraction of sp³-hybridized carbons (Fsp3) is 0.619. The fourth-order valence-corrected chi connectivity index (χ4v) is 4.52. The maximum atomic E-state index is 13.4. The van der Waals surface area contributed by atoms with Gasteiger partial charge in [-0.2, -0.15) is 0 Å². The molecule has 2 heterocycles. The van der Waals surface area contributed by atoms with Crippen molar-refractivity contribution in [3.8, 4) is 5.75 Å². The van der Waals surface area contributed by atoms with Crippen LogP contribution in [0.1, 0.15) is 55.8 Å². The Morgan fingerprint density at radius 2 is 1.96 bits per heavy atom. The molecule has 154 valence electrons. The van der Waals surface area contributed by atoms with Crippen LogP contribution >= 0.6 is 0 Å². The van der Waals surface area contributed by atoms with Crippen molar-refractivity contribution in [3.63, 3.8) is 0 Å². The SMILES string of the molecule is CCOC(=O)N1C2CCC1CC(CCCNC(=O)c1ccc(F)c(OC)c1)C2. The minimum absolute atomic E-state index is 0.0662. The molecule has 2 bridgehead atoms. The number of halogens is 1. The zero-order chi connectivity index (χ0) is 20.1. The molecule has 28 heavy (non-hydrogen) atoms. The van der Waals surface area contributed by atoms with E-state index in [1.165, 1.54) is 25.3 Å². The predicted octanol–water partition coefficient (Wildman–Crippen LogP) is 3.74. The lowest BCUT2D eigenvalue weighted by Gasteiger charge is -2.38. The Morgan fingerprint density at radius 3 is 2.61 bits per heavy atom. The monoisotopic (exact) mass is 392 g/mol. The molecule has 6 nitrogen and oxygen atoms in total. The van der Waals surface area contributed by atoms with Crippen LogP contribution in [0.3, 0.4) is 0 Å². The van der Waals surface area contributed by atoms with Crippen LogP contribution < -0.4 is 10.1 Å². The molecular formula is C21H29FN2O4. The van der Waals surface area contributed by atoms with Gasteiger partial charge in [0.25, 0.3) is 5.91 Å². The van der Waals surface area contributed by atoms with E-state index in [1.807, 2.05) is 11.8 Å². The summed E-state index contributed by atoms with van der Waals surface area (Å²) >= 11 is 0. The number of hydrogen-bond acceptors (Lipinski definition) is 4.